The standard InChI is InChI=1S/C24H26O5/c1-5-24(6-2,17-7-9-20(15(3)13-17)28-12-11-25)18-8-10-21-19(14-18)16(4)22(29-21)23(26)27/h7-11,13-14H,5-6,12H2,1-4H3,(H,26,27). The third-order valence-electron chi connectivity index (χ3n) is 5.92. The normalized spacial score (nSPS) is 11.6. The molecule has 0 saturated carbocycles. The number of hydrogen-bond acceptors (Lipinski definition) is 4. The number of carboxylic acid groups (broad SMARTS) is 1. The number of rotatable bonds is 8. The third kappa shape index (κ3) is 3.53. The second kappa shape index (κ2) is 8.11. The van der Waals surface area contributed by atoms with Crippen molar-refractivity contribution in [1.82, 2.24) is 0 Å². The number of aldehydes is 1. The van der Waals surface area contributed by atoms with Crippen LogP contribution in [0.15, 0.2) is 40.8 Å². The molecule has 0 aliphatic rings. The van der Waals surface area contributed by atoms with Gasteiger partial charge in [-0.25, -0.2) is 4.79 Å². The number of aryl methyl sites for hydroxylation is 2. The number of carboxylic acids is 1. The lowest BCUT2D eigenvalue weighted by molar-refractivity contribution is -0.109. The number of benzene rings is 2. The van der Waals surface area contributed by atoms with E-state index < -0.39 is 5.97 Å². The fourth-order valence-electron chi connectivity index (χ4n) is 4.19. The van der Waals surface area contributed by atoms with Gasteiger partial charge in [-0.3, -0.25) is 4.79 Å². The van der Waals surface area contributed by atoms with Gasteiger partial charge in [-0.1, -0.05) is 32.0 Å². The molecule has 0 saturated heterocycles. The van der Waals surface area contributed by atoms with Crippen molar-refractivity contribution in [3.05, 3.63) is 64.4 Å². The number of fused-ring (bicyclic) bond motifs is 1. The zero-order valence-corrected chi connectivity index (χ0v) is 17.2. The van der Waals surface area contributed by atoms with Crippen LogP contribution in [0.5, 0.6) is 5.75 Å². The Kier molecular flexibility index (Phi) is 5.78. The number of aromatic carboxylic acids is 1. The lowest BCUT2D eigenvalue weighted by Crippen LogP contribution is -2.26. The van der Waals surface area contributed by atoms with Crippen molar-refractivity contribution < 1.29 is 23.8 Å². The first-order chi connectivity index (χ1) is 13.9. The van der Waals surface area contributed by atoms with Crippen molar-refractivity contribution in [1.29, 1.82) is 0 Å². The van der Waals surface area contributed by atoms with Crippen LogP contribution >= 0.6 is 0 Å². The highest BCUT2D eigenvalue weighted by molar-refractivity contribution is 5.95. The molecule has 29 heavy (non-hydrogen) atoms. The van der Waals surface area contributed by atoms with Gasteiger partial charge < -0.3 is 14.3 Å². The minimum Gasteiger partial charge on any atom is -0.486 e. The van der Waals surface area contributed by atoms with Crippen molar-refractivity contribution in [3.8, 4) is 5.75 Å². The van der Waals surface area contributed by atoms with Crippen molar-refractivity contribution in [3.63, 3.8) is 0 Å². The third-order valence-corrected chi connectivity index (χ3v) is 5.92. The molecule has 1 aromatic heterocycles. The first-order valence-corrected chi connectivity index (χ1v) is 9.82. The Hall–Kier alpha value is -3.08. The molecule has 0 aliphatic carbocycles. The van der Waals surface area contributed by atoms with Crippen LogP contribution < -0.4 is 4.74 Å². The maximum atomic E-state index is 11.4. The molecule has 0 spiro atoms. The van der Waals surface area contributed by atoms with E-state index in [9.17, 15) is 14.7 Å². The number of ether oxygens (including phenoxy) is 1. The summed E-state index contributed by atoms with van der Waals surface area (Å²) < 4.78 is 11.0. The molecule has 152 valence electrons. The molecule has 3 rings (SSSR count). The van der Waals surface area contributed by atoms with Crippen molar-refractivity contribution in [2.75, 3.05) is 6.61 Å². The van der Waals surface area contributed by atoms with E-state index in [1.807, 2.05) is 25.1 Å². The van der Waals surface area contributed by atoms with Crippen LogP contribution in [-0.4, -0.2) is 24.0 Å². The Labute approximate surface area is 170 Å². The Bertz CT molecular complexity index is 1060. The highest BCUT2D eigenvalue weighted by atomic mass is 16.5. The molecule has 1 N–H and O–H groups in total. The van der Waals surface area contributed by atoms with Crippen LogP contribution in [0.2, 0.25) is 0 Å². The molecule has 0 fully saturated rings. The molecular formula is C24H26O5. The fraction of sp³-hybridized carbons (Fsp3) is 0.333. The van der Waals surface area contributed by atoms with Crippen LogP contribution in [0.3, 0.4) is 0 Å². The van der Waals surface area contributed by atoms with Gasteiger partial charge in [-0.15, -0.1) is 0 Å². The highest BCUT2D eigenvalue weighted by Crippen LogP contribution is 2.42. The molecular weight excluding hydrogens is 368 g/mol. The number of furan rings is 1. The summed E-state index contributed by atoms with van der Waals surface area (Å²) in [5.41, 5.74) is 4.26. The molecule has 0 amide bonds. The van der Waals surface area contributed by atoms with Crippen molar-refractivity contribution in [2.24, 2.45) is 0 Å². The average Bonchev–Trinajstić information content (AvgIpc) is 3.05. The monoisotopic (exact) mass is 394 g/mol. The van der Waals surface area contributed by atoms with Crippen LogP contribution in [0.1, 0.15) is 59.5 Å². The maximum absolute atomic E-state index is 11.4. The molecule has 0 bridgehead atoms. The molecule has 0 aliphatic heterocycles. The highest BCUT2D eigenvalue weighted by Gasteiger charge is 2.32. The van der Waals surface area contributed by atoms with E-state index in [0.717, 1.165) is 41.2 Å². The summed E-state index contributed by atoms with van der Waals surface area (Å²) in [4.78, 5) is 22.0. The summed E-state index contributed by atoms with van der Waals surface area (Å²) in [5.74, 6) is -0.364. The van der Waals surface area contributed by atoms with E-state index in [4.69, 9.17) is 9.15 Å². The lowest BCUT2D eigenvalue weighted by Gasteiger charge is -2.34. The van der Waals surface area contributed by atoms with E-state index >= 15 is 0 Å². The van der Waals surface area contributed by atoms with E-state index in [0.29, 0.717) is 16.9 Å². The second-order valence-electron chi connectivity index (χ2n) is 7.32. The Morgan fingerprint density at radius 2 is 1.76 bits per heavy atom. The number of carbonyl (C=O) groups excluding carboxylic acids is 1. The summed E-state index contributed by atoms with van der Waals surface area (Å²) in [6, 6.07) is 12.0. The van der Waals surface area contributed by atoms with Crippen molar-refractivity contribution >= 4 is 23.2 Å². The van der Waals surface area contributed by atoms with Crippen LogP contribution in [0, 0.1) is 13.8 Å². The van der Waals surface area contributed by atoms with Crippen molar-refractivity contribution in [2.45, 2.75) is 46.0 Å². The van der Waals surface area contributed by atoms with Gasteiger partial charge in [0, 0.05) is 16.4 Å². The van der Waals surface area contributed by atoms with Gasteiger partial charge >= 0.3 is 5.97 Å². The predicted octanol–water partition coefficient (Wildman–Crippen LogP) is 5.43. The molecule has 1 heterocycles. The number of carbonyl (C=O) groups is 2. The molecule has 0 atom stereocenters. The number of hydrogen-bond donors (Lipinski definition) is 1. The Balaban J connectivity index is 2.13. The second-order valence-corrected chi connectivity index (χ2v) is 7.32. The summed E-state index contributed by atoms with van der Waals surface area (Å²) in [6.45, 7) is 8.11. The molecule has 5 nitrogen and oxygen atoms in total. The Morgan fingerprint density at radius 3 is 2.34 bits per heavy atom. The van der Waals surface area contributed by atoms with E-state index in [1.165, 1.54) is 0 Å². The maximum Gasteiger partial charge on any atom is 0.372 e. The van der Waals surface area contributed by atoms with Gasteiger partial charge in [-0.05, 0) is 61.6 Å². The minimum atomic E-state index is -1.06. The van der Waals surface area contributed by atoms with Gasteiger partial charge in [0.1, 0.15) is 17.9 Å². The summed E-state index contributed by atoms with van der Waals surface area (Å²) in [7, 11) is 0. The molecule has 3 aromatic rings. The lowest BCUT2D eigenvalue weighted by atomic mass is 9.70. The predicted molar refractivity (Wildman–Crippen MR) is 112 cm³/mol. The van der Waals surface area contributed by atoms with Gasteiger partial charge in [-0.2, -0.15) is 0 Å². The van der Waals surface area contributed by atoms with Gasteiger partial charge in [0.15, 0.2) is 6.29 Å². The quantitative estimate of drug-likeness (QED) is 0.515. The van der Waals surface area contributed by atoms with Gasteiger partial charge in [0.25, 0.3) is 0 Å². The summed E-state index contributed by atoms with van der Waals surface area (Å²) in [6.07, 6.45) is 2.50. The Morgan fingerprint density at radius 1 is 1.10 bits per heavy atom. The van der Waals surface area contributed by atoms with Crippen LogP contribution in [0.25, 0.3) is 11.0 Å². The largest absolute Gasteiger partial charge is 0.486 e. The van der Waals surface area contributed by atoms with E-state index in [1.54, 1.807) is 6.92 Å². The fourth-order valence-corrected chi connectivity index (χ4v) is 4.19. The average molecular weight is 394 g/mol. The molecule has 0 radical (unpaired) electrons. The van der Waals surface area contributed by atoms with Crippen LogP contribution in [0.4, 0.5) is 0 Å². The smallest absolute Gasteiger partial charge is 0.372 e. The van der Waals surface area contributed by atoms with Crippen LogP contribution in [-0.2, 0) is 10.2 Å². The SMILES string of the molecule is CCC(CC)(c1ccc(OCC=O)c(C)c1)c1ccc2oc(C(=O)O)c(C)c2c1. The van der Waals surface area contributed by atoms with Gasteiger partial charge in [0.2, 0.25) is 5.76 Å². The molecule has 0 unspecified atom stereocenters. The minimum absolute atomic E-state index is 0.0109. The first-order valence-electron chi connectivity index (χ1n) is 9.82. The first kappa shape index (κ1) is 20.6. The summed E-state index contributed by atoms with van der Waals surface area (Å²) >= 11 is 0. The molecule has 5 heteroatoms. The molecule has 2 aromatic carbocycles. The van der Waals surface area contributed by atoms with E-state index in [2.05, 4.69) is 32.0 Å². The topological polar surface area (TPSA) is 76.7 Å². The van der Waals surface area contributed by atoms with Gasteiger partial charge in [0.05, 0.1) is 0 Å². The summed E-state index contributed by atoms with van der Waals surface area (Å²) in [5, 5.41) is 10.2. The zero-order valence-electron chi connectivity index (χ0n) is 17.2. The van der Waals surface area contributed by atoms with E-state index in [-0.39, 0.29) is 17.8 Å². The zero-order chi connectivity index (χ0) is 21.2.